The molecule has 0 bridgehead atoms. The van der Waals surface area contributed by atoms with E-state index < -0.39 is 0 Å². The van der Waals surface area contributed by atoms with Gasteiger partial charge in [-0.05, 0) is 12.1 Å². The Morgan fingerprint density at radius 3 is 2.40 bits per heavy atom. The number of hydrogen-bond acceptors (Lipinski definition) is 3. The molecule has 0 amide bonds. The van der Waals surface area contributed by atoms with Gasteiger partial charge in [0.05, 0.1) is 19.3 Å². The van der Waals surface area contributed by atoms with Gasteiger partial charge in [0.25, 0.3) is 0 Å². The van der Waals surface area contributed by atoms with Crippen molar-refractivity contribution >= 4 is 23.2 Å². The summed E-state index contributed by atoms with van der Waals surface area (Å²) in [7, 11) is 0. The van der Waals surface area contributed by atoms with E-state index >= 15 is 0 Å². The van der Waals surface area contributed by atoms with Gasteiger partial charge in [-0.3, -0.25) is 0 Å². The Morgan fingerprint density at radius 1 is 1.33 bits per heavy atom. The highest BCUT2D eigenvalue weighted by molar-refractivity contribution is 6.36. The molecule has 0 spiro atoms. The number of rotatable bonds is 5. The molecule has 0 heterocycles. The van der Waals surface area contributed by atoms with E-state index in [9.17, 15) is 0 Å². The van der Waals surface area contributed by atoms with Crippen molar-refractivity contribution in [2.45, 2.75) is 6.10 Å². The van der Waals surface area contributed by atoms with Crippen molar-refractivity contribution in [3.8, 4) is 0 Å². The molecule has 5 heteroatoms. The van der Waals surface area contributed by atoms with Crippen LogP contribution in [0.4, 0.5) is 0 Å². The molecule has 0 radical (unpaired) electrons. The second-order valence-electron chi connectivity index (χ2n) is 2.95. The summed E-state index contributed by atoms with van der Waals surface area (Å²) in [6.07, 6.45) is -0.377. The molecule has 0 aliphatic carbocycles. The molecule has 1 rings (SSSR count). The molecular weight excluding hydrogens is 237 g/mol. The van der Waals surface area contributed by atoms with Gasteiger partial charge < -0.3 is 15.6 Å². The van der Waals surface area contributed by atoms with Crippen molar-refractivity contribution in [1.82, 2.24) is 0 Å². The van der Waals surface area contributed by atoms with Crippen LogP contribution in [0.3, 0.4) is 0 Å². The summed E-state index contributed by atoms with van der Waals surface area (Å²) >= 11 is 12.0. The van der Waals surface area contributed by atoms with Gasteiger partial charge in [-0.15, -0.1) is 0 Å². The second kappa shape index (κ2) is 6.30. The largest absolute Gasteiger partial charge is 0.394 e. The third-order valence-corrected chi connectivity index (χ3v) is 2.61. The molecule has 15 heavy (non-hydrogen) atoms. The summed E-state index contributed by atoms with van der Waals surface area (Å²) in [6.45, 7) is 0.422. The minimum absolute atomic E-state index is 0.0570. The van der Waals surface area contributed by atoms with Gasteiger partial charge in [0.2, 0.25) is 0 Å². The number of nitrogens with two attached hydrogens (primary N) is 1. The number of ether oxygens (including phenoxy) is 1. The summed E-state index contributed by atoms with van der Waals surface area (Å²) < 4.78 is 5.34. The Balaban J connectivity index is 2.90. The van der Waals surface area contributed by atoms with Crippen LogP contribution < -0.4 is 5.73 Å². The van der Waals surface area contributed by atoms with E-state index in [4.69, 9.17) is 38.8 Å². The fraction of sp³-hybridized carbons (Fsp3) is 0.400. The van der Waals surface area contributed by atoms with Gasteiger partial charge in [0, 0.05) is 22.2 Å². The number of aliphatic hydroxyl groups is 1. The van der Waals surface area contributed by atoms with Crippen LogP contribution in [0.5, 0.6) is 0 Å². The van der Waals surface area contributed by atoms with E-state index in [1.807, 2.05) is 0 Å². The first-order valence-corrected chi connectivity index (χ1v) is 5.32. The maximum absolute atomic E-state index is 8.66. The van der Waals surface area contributed by atoms with Gasteiger partial charge in [0.1, 0.15) is 0 Å². The zero-order valence-corrected chi connectivity index (χ0v) is 9.63. The lowest BCUT2D eigenvalue weighted by Crippen LogP contribution is -2.18. The number of aliphatic hydroxyl groups excluding tert-OH is 1. The molecule has 0 aromatic heterocycles. The number of hydrogen-bond donors (Lipinski definition) is 2. The third-order valence-electron chi connectivity index (χ3n) is 1.95. The highest BCUT2D eigenvalue weighted by atomic mass is 35.5. The Morgan fingerprint density at radius 2 is 1.93 bits per heavy atom. The van der Waals surface area contributed by atoms with Crippen molar-refractivity contribution in [3.63, 3.8) is 0 Å². The van der Waals surface area contributed by atoms with Crippen LogP contribution in [0, 0.1) is 0 Å². The van der Waals surface area contributed by atoms with Crippen LogP contribution in [0.2, 0.25) is 10.0 Å². The zero-order valence-electron chi connectivity index (χ0n) is 8.12. The lowest BCUT2D eigenvalue weighted by Gasteiger charge is -2.18. The molecule has 1 aromatic carbocycles. The van der Waals surface area contributed by atoms with Crippen LogP contribution >= 0.6 is 23.2 Å². The molecule has 0 aliphatic rings. The lowest BCUT2D eigenvalue weighted by atomic mass is 10.1. The Labute approximate surface area is 98.7 Å². The average Bonchev–Trinajstić information content (AvgIpc) is 2.22. The Hall–Kier alpha value is -0.320. The minimum Gasteiger partial charge on any atom is -0.394 e. The highest BCUT2D eigenvalue weighted by Gasteiger charge is 2.16. The fourth-order valence-electron chi connectivity index (χ4n) is 1.28. The topological polar surface area (TPSA) is 55.5 Å². The van der Waals surface area contributed by atoms with E-state index in [1.54, 1.807) is 18.2 Å². The van der Waals surface area contributed by atoms with E-state index in [0.717, 1.165) is 0 Å². The summed E-state index contributed by atoms with van der Waals surface area (Å²) in [5.41, 5.74) is 6.24. The Kier molecular flexibility index (Phi) is 5.36. The van der Waals surface area contributed by atoms with Gasteiger partial charge in [-0.1, -0.05) is 29.3 Å². The first-order chi connectivity index (χ1) is 7.20. The third kappa shape index (κ3) is 3.33. The first kappa shape index (κ1) is 12.7. The van der Waals surface area contributed by atoms with E-state index in [0.29, 0.717) is 15.6 Å². The van der Waals surface area contributed by atoms with Gasteiger partial charge >= 0.3 is 0 Å². The molecule has 1 aromatic rings. The van der Waals surface area contributed by atoms with Crippen LogP contribution in [0.15, 0.2) is 18.2 Å². The standard InChI is InChI=1S/C10H13Cl2NO2/c11-7-2-1-3-8(12)10(7)9(6-13)15-5-4-14/h1-3,9,14H,4-6,13H2. The summed E-state index contributed by atoms with van der Waals surface area (Å²) in [4.78, 5) is 0. The fourth-order valence-corrected chi connectivity index (χ4v) is 1.92. The molecule has 3 nitrogen and oxygen atoms in total. The summed E-state index contributed by atoms with van der Waals surface area (Å²) in [6, 6.07) is 5.22. The molecule has 1 atom stereocenters. The molecule has 3 N–H and O–H groups in total. The number of halogens is 2. The Bertz CT molecular complexity index is 300. The maximum atomic E-state index is 8.66. The monoisotopic (exact) mass is 249 g/mol. The molecular formula is C10H13Cl2NO2. The minimum atomic E-state index is -0.377. The highest BCUT2D eigenvalue weighted by Crippen LogP contribution is 2.31. The molecule has 0 saturated carbocycles. The van der Waals surface area contributed by atoms with E-state index in [1.165, 1.54) is 0 Å². The van der Waals surface area contributed by atoms with Crippen molar-refractivity contribution in [2.75, 3.05) is 19.8 Å². The van der Waals surface area contributed by atoms with E-state index in [2.05, 4.69) is 0 Å². The maximum Gasteiger partial charge on any atom is 0.0977 e. The van der Waals surface area contributed by atoms with Gasteiger partial charge in [0.15, 0.2) is 0 Å². The predicted molar refractivity (Wildman–Crippen MR) is 61.3 cm³/mol. The molecule has 0 fully saturated rings. The summed E-state index contributed by atoms with van der Waals surface area (Å²) in [5.74, 6) is 0. The normalized spacial score (nSPS) is 12.8. The smallest absolute Gasteiger partial charge is 0.0977 e. The first-order valence-electron chi connectivity index (χ1n) is 4.57. The van der Waals surface area contributed by atoms with Crippen molar-refractivity contribution in [2.24, 2.45) is 5.73 Å². The summed E-state index contributed by atoms with van der Waals surface area (Å²) in [5, 5.41) is 9.71. The number of benzene rings is 1. The van der Waals surface area contributed by atoms with Crippen LogP contribution in [0.25, 0.3) is 0 Å². The lowest BCUT2D eigenvalue weighted by molar-refractivity contribution is 0.0330. The molecule has 1 unspecified atom stereocenters. The van der Waals surface area contributed by atoms with Crippen molar-refractivity contribution in [3.05, 3.63) is 33.8 Å². The quantitative estimate of drug-likeness (QED) is 0.840. The van der Waals surface area contributed by atoms with Crippen molar-refractivity contribution in [1.29, 1.82) is 0 Å². The van der Waals surface area contributed by atoms with E-state index in [-0.39, 0.29) is 25.9 Å². The van der Waals surface area contributed by atoms with Gasteiger partial charge in [-0.2, -0.15) is 0 Å². The van der Waals surface area contributed by atoms with Crippen LogP contribution in [-0.4, -0.2) is 24.9 Å². The van der Waals surface area contributed by atoms with Crippen molar-refractivity contribution < 1.29 is 9.84 Å². The molecule has 84 valence electrons. The molecule has 0 saturated heterocycles. The molecule has 0 aliphatic heterocycles. The zero-order chi connectivity index (χ0) is 11.3. The van der Waals surface area contributed by atoms with Crippen LogP contribution in [-0.2, 0) is 4.74 Å². The SMILES string of the molecule is NCC(OCCO)c1c(Cl)cccc1Cl. The second-order valence-corrected chi connectivity index (χ2v) is 3.77. The predicted octanol–water partition coefficient (Wildman–Crippen LogP) is 2.00. The average molecular weight is 250 g/mol. The van der Waals surface area contributed by atoms with Crippen LogP contribution in [0.1, 0.15) is 11.7 Å². The van der Waals surface area contributed by atoms with Gasteiger partial charge in [-0.25, -0.2) is 0 Å².